The number of anilines is 1. The normalized spacial score (nSPS) is 25.6. The van der Waals surface area contributed by atoms with E-state index in [0.717, 1.165) is 12.2 Å². The van der Waals surface area contributed by atoms with Crippen LogP contribution in [0.5, 0.6) is 5.75 Å². The maximum absolute atomic E-state index is 5.31. The van der Waals surface area contributed by atoms with E-state index >= 15 is 0 Å². The fourth-order valence-electron chi connectivity index (χ4n) is 4.74. The summed E-state index contributed by atoms with van der Waals surface area (Å²) in [5.74, 6) is 0.913. The Balaban J connectivity index is 1.82. The minimum atomic E-state index is 0.171. The Morgan fingerprint density at radius 3 is 2.48 bits per heavy atom. The lowest BCUT2D eigenvalue weighted by molar-refractivity contribution is 0.414. The second-order valence-corrected chi connectivity index (χ2v) is 7.05. The van der Waals surface area contributed by atoms with Gasteiger partial charge in [0, 0.05) is 18.2 Å². The minimum absolute atomic E-state index is 0.171. The van der Waals surface area contributed by atoms with Crippen molar-refractivity contribution in [3.63, 3.8) is 0 Å². The number of likely N-dealkylation sites (N-methyl/N-ethyl adjacent to an activating group) is 1. The van der Waals surface area contributed by atoms with E-state index < -0.39 is 0 Å². The third kappa shape index (κ3) is 1.87. The van der Waals surface area contributed by atoms with Crippen molar-refractivity contribution in [1.82, 2.24) is 0 Å². The van der Waals surface area contributed by atoms with Gasteiger partial charge in [0.05, 0.1) is 13.2 Å². The van der Waals surface area contributed by atoms with E-state index in [1.54, 1.807) is 7.11 Å². The van der Waals surface area contributed by atoms with Crippen LogP contribution in [0.25, 0.3) is 5.57 Å². The molecule has 1 aliphatic carbocycles. The molecule has 0 unspecified atom stereocenters. The summed E-state index contributed by atoms with van der Waals surface area (Å²) in [6.45, 7) is 4.71. The number of ether oxygens (including phenoxy) is 1. The highest BCUT2D eigenvalue weighted by Crippen LogP contribution is 2.57. The number of allylic oxidation sites excluding steroid dienone is 1. The van der Waals surface area contributed by atoms with Crippen LogP contribution in [0.2, 0.25) is 0 Å². The number of nitrogens with zero attached hydrogens (tertiary/aromatic N) is 1. The van der Waals surface area contributed by atoms with E-state index in [4.69, 9.17) is 4.74 Å². The van der Waals surface area contributed by atoms with Crippen LogP contribution in [-0.4, -0.2) is 20.2 Å². The minimum Gasteiger partial charge on any atom is -0.497 e. The highest BCUT2D eigenvalue weighted by molar-refractivity contribution is 5.85. The van der Waals surface area contributed by atoms with Crippen LogP contribution < -0.4 is 9.64 Å². The smallest absolute Gasteiger partial charge is 0.118 e. The highest BCUT2D eigenvalue weighted by atomic mass is 16.5. The number of methoxy groups -OCH3 is 1. The fourth-order valence-corrected chi connectivity index (χ4v) is 4.74. The van der Waals surface area contributed by atoms with Crippen molar-refractivity contribution < 1.29 is 4.74 Å². The third-order valence-corrected chi connectivity index (χ3v) is 5.66. The standard InChI is InChI=1S/C21H23NO/c1-14-13-21(2)17-7-5-6-8-18(17)22(3)20(21)19(14)15-9-11-16(23-4)12-10-15/h5-12,20H,13H2,1-4H3/t20-,21-/m0/s1. The van der Waals surface area contributed by atoms with Crippen molar-refractivity contribution in [3.8, 4) is 5.75 Å². The van der Waals surface area contributed by atoms with Crippen molar-refractivity contribution >= 4 is 11.3 Å². The molecule has 4 rings (SSSR count). The number of para-hydroxylation sites is 1. The average Bonchev–Trinajstić information content (AvgIpc) is 2.96. The zero-order chi connectivity index (χ0) is 16.2. The van der Waals surface area contributed by atoms with Crippen molar-refractivity contribution in [2.45, 2.75) is 31.7 Å². The predicted molar refractivity (Wildman–Crippen MR) is 96.2 cm³/mol. The van der Waals surface area contributed by atoms with E-state index in [9.17, 15) is 0 Å². The van der Waals surface area contributed by atoms with E-state index in [2.05, 4.69) is 74.3 Å². The number of hydrogen-bond donors (Lipinski definition) is 0. The van der Waals surface area contributed by atoms with Gasteiger partial charge in [-0.2, -0.15) is 0 Å². The molecule has 0 radical (unpaired) electrons. The van der Waals surface area contributed by atoms with Gasteiger partial charge < -0.3 is 9.64 Å². The Morgan fingerprint density at radius 1 is 1.09 bits per heavy atom. The number of rotatable bonds is 2. The molecular formula is C21H23NO. The Bertz CT molecular complexity index is 790. The van der Waals surface area contributed by atoms with Crippen LogP contribution in [0.15, 0.2) is 54.1 Å². The molecule has 0 N–H and O–H groups in total. The molecule has 0 bridgehead atoms. The van der Waals surface area contributed by atoms with Crippen LogP contribution in [0, 0.1) is 0 Å². The summed E-state index contributed by atoms with van der Waals surface area (Å²) >= 11 is 0. The second kappa shape index (κ2) is 4.89. The summed E-state index contributed by atoms with van der Waals surface area (Å²) in [5.41, 5.74) is 7.33. The molecule has 1 aliphatic heterocycles. The molecule has 2 aromatic carbocycles. The molecule has 0 amide bonds. The SMILES string of the molecule is COc1ccc(C2=C(C)C[C@@]3(C)c4ccccc4N(C)[C@@H]23)cc1. The summed E-state index contributed by atoms with van der Waals surface area (Å²) in [6, 6.07) is 17.8. The van der Waals surface area contributed by atoms with Crippen LogP contribution in [0.3, 0.4) is 0 Å². The number of fused-ring (bicyclic) bond motifs is 3. The molecule has 2 atom stereocenters. The molecule has 23 heavy (non-hydrogen) atoms. The fraction of sp³-hybridized carbons (Fsp3) is 0.333. The van der Waals surface area contributed by atoms with Crippen LogP contribution in [-0.2, 0) is 5.41 Å². The maximum atomic E-state index is 5.31. The zero-order valence-corrected chi connectivity index (χ0v) is 14.3. The van der Waals surface area contributed by atoms with E-state index in [-0.39, 0.29) is 5.41 Å². The van der Waals surface area contributed by atoms with Gasteiger partial charge in [-0.1, -0.05) is 42.8 Å². The van der Waals surface area contributed by atoms with Gasteiger partial charge in [-0.3, -0.25) is 0 Å². The van der Waals surface area contributed by atoms with Gasteiger partial charge in [0.2, 0.25) is 0 Å². The molecule has 2 aromatic rings. The van der Waals surface area contributed by atoms with E-state index in [0.29, 0.717) is 6.04 Å². The van der Waals surface area contributed by atoms with E-state index in [1.165, 1.54) is 28.0 Å². The summed E-state index contributed by atoms with van der Waals surface area (Å²) in [6.07, 6.45) is 1.13. The molecule has 2 nitrogen and oxygen atoms in total. The van der Waals surface area contributed by atoms with Gasteiger partial charge in [-0.05, 0) is 48.2 Å². The van der Waals surface area contributed by atoms with Crippen molar-refractivity contribution in [2.24, 2.45) is 0 Å². The predicted octanol–water partition coefficient (Wildman–Crippen LogP) is 4.65. The quantitative estimate of drug-likeness (QED) is 0.801. The molecular weight excluding hydrogens is 282 g/mol. The first-order valence-electron chi connectivity index (χ1n) is 8.22. The van der Waals surface area contributed by atoms with E-state index in [1.807, 2.05) is 0 Å². The van der Waals surface area contributed by atoms with Crippen LogP contribution in [0.1, 0.15) is 31.4 Å². The molecule has 2 aliphatic rings. The molecule has 0 fully saturated rings. The molecule has 0 saturated carbocycles. The third-order valence-electron chi connectivity index (χ3n) is 5.66. The first kappa shape index (κ1) is 14.4. The van der Waals surface area contributed by atoms with Crippen molar-refractivity contribution in [3.05, 3.63) is 65.2 Å². The molecule has 2 heteroatoms. The Hall–Kier alpha value is -2.22. The first-order chi connectivity index (χ1) is 11.1. The van der Waals surface area contributed by atoms with Crippen LogP contribution >= 0.6 is 0 Å². The summed E-state index contributed by atoms with van der Waals surface area (Å²) < 4.78 is 5.31. The summed E-state index contributed by atoms with van der Waals surface area (Å²) in [4.78, 5) is 2.46. The first-order valence-corrected chi connectivity index (χ1v) is 8.22. The molecule has 0 aromatic heterocycles. The molecule has 0 spiro atoms. The molecule has 1 heterocycles. The van der Waals surface area contributed by atoms with Gasteiger partial charge in [0.25, 0.3) is 0 Å². The largest absolute Gasteiger partial charge is 0.497 e. The molecule has 0 saturated heterocycles. The van der Waals surface area contributed by atoms with Gasteiger partial charge >= 0.3 is 0 Å². The average molecular weight is 305 g/mol. The van der Waals surface area contributed by atoms with Gasteiger partial charge in [-0.25, -0.2) is 0 Å². The summed E-state index contributed by atoms with van der Waals surface area (Å²) in [5, 5.41) is 0. The van der Waals surface area contributed by atoms with Gasteiger partial charge in [-0.15, -0.1) is 0 Å². The Morgan fingerprint density at radius 2 is 1.78 bits per heavy atom. The zero-order valence-electron chi connectivity index (χ0n) is 14.3. The van der Waals surface area contributed by atoms with Gasteiger partial charge in [0.1, 0.15) is 5.75 Å². The van der Waals surface area contributed by atoms with Crippen LogP contribution in [0.4, 0.5) is 5.69 Å². The lowest BCUT2D eigenvalue weighted by Gasteiger charge is -2.31. The molecule has 118 valence electrons. The lowest BCUT2D eigenvalue weighted by Crippen LogP contribution is -2.38. The second-order valence-electron chi connectivity index (χ2n) is 7.05. The Kier molecular flexibility index (Phi) is 3.06. The monoisotopic (exact) mass is 305 g/mol. The summed E-state index contributed by atoms with van der Waals surface area (Å²) in [7, 11) is 3.95. The number of hydrogen-bond acceptors (Lipinski definition) is 2. The maximum Gasteiger partial charge on any atom is 0.118 e. The highest BCUT2D eigenvalue weighted by Gasteiger charge is 2.52. The topological polar surface area (TPSA) is 12.5 Å². The van der Waals surface area contributed by atoms with Crippen molar-refractivity contribution in [2.75, 3.05) is 19.1 Å². The Labute approximate surface area is 138 Å². The van der Waals surface area contributed by atoms with Gasteiger partial charge in [0.15, 0.2) is 0 Å². The lowest BCUT2D eigenvalue weighted by atomic mass is 9.77. The number of benzene rings is 2. The van der Waals surface area contributed by atoms with Crippen molar-refractivity contribution in [1.29, 1.82) is 0 Å².